The molecule has 0 fully saturated rings. The number of aromatic hydroxyl groups is 2. The summed E-state index contributed by atoms with van der Waals surface area (Å²) in [6.07, 6.45) is 0. The molecular formula is C20H28BF5O2. The molecule has 0 aliphatic carbocycles. The average Bonchev–Trinajstić information content (AvgIpc) is 2.53. The topological polar surface area (TPSA) is 40.5 Å². The fraction of sp³-hybridized carbons (Fsp3) is 0.400. The second-order valence-electron chi connectivity index (χ2n) is 6.92. The van der Waals surface area contributed by atoms with Crippen molar-refractivity contribution in [1.29, 1.82) is 0 Å². The van der Waals surface area contributed by atoms with E-state index in [2.05, 4.69) is 0 Å². The Labute approximate surface area is 166 Å². The third kappa shape index (κ3) is 10.2. The fourth-order valence-electron chi connectivity index (χ4n) is 2.20. The molecule has 0 saturated carbocycles. The van der Waals surface area contributed by atoms with Gasteiger partial charge in [-0.2, -0.15) is 0 Å². The summed E-state index contributed by atoms with van der Waals surface area (Å²) in [5.41, 5.74) is 2.82. The van der Waals surface area contributed by atoms with Gasteiger partial charge in [-0.25, -0.2) is 4.39 Å². The molecule has 8 heteroatoms. The van der Waals surface area contributed by atoms with Crippen molar-refractivity contribution in [3.05, 3.63) is 58.4 Å². The van der Waals surface area contributed by atoms with Gasteiger partial charge in [-0.3, -0.25) is 0 Å². The molecule has 2 rings (SSSR count). The predicted molar refractivity (Wildman–Crippen MR) is 105 cm³/mol. The minimum atomic E-state index is -6.00. The minimum Gasteiger partial charge on any atom is -0.508 e. The van der Waals surface area contributed by atoms with E-state index in [4.69, 9.17) is 1.37 Å². The molecule has 2 aromatic carbocycles. The van der Waals surface area contributed by atoms with Crippen LogP contribution in [0, 0.1) is 19.7 Å². The summed E-state index contributed by atoms with van der Waals surface area (Å²) in [6, 6.07) is 6.74. The van der Waals surface area contributed by atoms with E-state index >= 15 is 0 Å². The molecule has 0 amide bonds. The number of phenolic OH excluding ortho intramolecular Hbond substituents is 2. The summed E-state index contributed by atoms with van der Waals surface area (Å²) in [5.74, 6) is 0.661. The molecular weight excluding hydrogens is 378 g/mol. The lowest BCUT2D eigenvalue weighted by atomic mass is 10.0. The maximum atomic E-state index is 13.0. The summed E-state index contributed by atoms with van der Waals surface area (Å²) < 4.78 is 59.5. The molecule has 28 heavy (non-hydrogen) atoms. The van der Waals surface area contributed by atoms with Crippen molar-refractivity contribution >= 4 is 7.25 Å². The molecule has 0 aliphatic heterocycles. The first-order valence-corrected chi connectivity index (χ1v) is 8.71. The number of rotatable bonds is 2. The monoisotopic (exact) mass is 410 g/mol. The predicted octanol–water partition coefficient (Wildman–Crippen LogP) is 7.20. The van der Waals surface area contributed by atoms with Gasteiger partial charge < -0.3 is 27.5 Å². The van der Waals surface area contributed by atoms with Crippen LogP contribution in [-0.4, -0.2) is 17.5 Å². The molecule has 2 aromatic rings. The SMILES string of the molecule is Cc1cc(O)c(C(C)C)cc1F.F[B-](F)(F)F.[3H+].[3H]c1cc(C(C)C)c(O)cc1C. The maximum absolute atomic E-state index is 13.0. The van der Waals surface area contributed by atoms with Gasteiger partial charge in [-0.05, 0) is 66.1 Å². The second kappa shape index (κ2) is 10.9. The van der Waals surface area contributed by atoms with Gasteiger partial charge in [0, 0.05) is 0 Å². The first kappa shape index (κ1) is 23.8. The third-order valence-electron chi connectivity index (χ3n) is 3.66. The smallest absolute Gasteiger partial charge is 0.508 e. The second-order valence-corrected chi connectivity index (χ2v) is 6.92. The van der Waals surface area contributed by atoms with Crippen LogP contribution >= 0.6 is 0 Å². The van der Waals surface area contributed by atoms with Crippen LogP contribution in [0.15, 0.2) is 30.3 Å². The van der Waals surface area contributed by atoms with Crippen molar-refractivity contribution in [3.8, 4) is 11.5 Å². The van der Waals surface area contributed by atoms with Crippen LogP contribution in [0.4, 0.5) is 21.7 Å². The Morgan fingerprint density at radius 1 is 0.893 bits per heavy atom. The Balaban J connectivity index is 0. The van der Waals surface area contributed by atoms with Gasteiger partial charge in [-0.1, -0.05) is 39.8 Å². The Morgan fingerprint density at radius 3 is 1.75 bits per heavy atom. The van der Waals surface area contributed by atoms with Crippen molar-refractivity contribution < 1.29 is 34.7 Å². The molecule has 2 nitrogen and oxygen atoms in total. The Hall–Kier alpha value is -2.25. The van der Waals surface area contributed by atoms with E-state index in [0.29, 0.717) is 22.9 Å². The Kier molecular flexibility index (Phi) is 9.29. The molecule has 0 atom stereocenters. The van der Waals surface area contributed by atoms with E-state index in [9.17, 15) is 31.9 Å². The van der Waals surface area contributed by atoms with E-state index in [1.54, 1.807) is 19.1 Å². The molecule has 0 heterocycles. The van der Waals surface area contributed by atoms with Crippen LogP contribution in [0.2, 0.25) is 0 Å². The number of hydrogen-bond acceptors (Lipinski definition) is 2. The quantitative estimate of drug-likeness (QED) is 0.406. The molecule has 0 spiro atoms. The summed E-state index contributed by atoms with van der Waals surface area (Å²) >= 11 is 0. The third-order valence-corrected chi connectivity index (χ3v) is 3.66. The molecule has 0 aliphatic rings. The lowest BCUT2D eigenvalue weighted by molar-refractivity contribution is 0.368. The molecule has 2 N–H and O–H groups in total. The van der Waals surface area contributed by atoms with Crippen LogP contribution in [0.25, 0.3) is 0 Å². The van der Waals surface area contributed by atoms with Gasteiger partial charge in [0.15, 0.2) is 0 Å². The van der Waals surface area contributed by atoms with Crippen molar-refractivity contribution in [2.24, 2.45) is 0 Å². The van der Waals surface area contributed by atoms with Crippen molar-refractivity contribution in [1.82, 2.24) is 0 Å². The van der Waals surface area contributed by atoms with E-state index in [0.717, 1.165) is 11.1 Å². The summed E-state index contributed by atoms with van der Waals surface area (Å²) in [5, 5.41) is 18.9. The highest BCUT2D eigenvalue weighted by atomic mass is 19.5. The molecule has 0 saturated heterocycles. The van der Waals surface area contributed by atoms with Crippen LogP contribution in [0.5, 0.6) is 11.5 Å². The number of hydrogen-bond donors (Lipinski definition) is 2. The normalized spacial score (nSPS) is 11.4. The zero-order valence-corrected chi connectivity index (χ0v) is 16.8. The van der Waals surface area contributed by atoms with Crippen molar-refractivity contribution in [2.45, 2.75) is 53.4 Å². The lowest BCUT2D eigenvalue weighted by Crippen LogP contribution is -2.02. The van der Waals surface area contributed by atoms with Crippen molar-refractivity contribution in [3.63, 3.8) is 0 Å². The zero-order chi connectivity index (χ0) is 23.1. The van der Waals surface area contributed by atoms with Gasteiger partial charge in [0.1, 0.15) is 17.3 Å². The molecule has 158 valence electrons. The minimum absolute atomic E-state index is 0. The van der Waals surface area contributed by atoms with Crippen molar-refractivity contribution in [2.75, 3.05) is 0 Å². The highest BCUT2D eigenvalue weighted by Gasteiger charge is 2.20. The fourth-order valence-corrected chi connectivity index (χ4v) is 2.20. The van der Waals surface area contributed by atoms with Crippen LogP contribution in [0.3, 0.4) is 0 Å². The molecule has 0 unspecified atom stereocenters. The summed E-state index contributed by atoms with van der Waals surface area (Å²) in [6.45, 7) is 11.3. The van der Waals surface area contributed by atoms with Gasteiger partial charge in [-0.15, -0.1) is 0 Å². The maximum Gasteiger partial charge on any atom is 1.00 e. The number of halogens is 5. The zero-order valence-electron chi connectivity index (χ0n) is 18.8. The van der Waals surface area contributed by atoms with Gasteiger partial charge in [0.25, 0.3) is 0 Å². The van der Waals surface area contributed by atoms with Gasteiger partial charge in [0.05, 0.1) is 1.37 Å². The van der Waals surface area contributed by atoms with Crippen LogP contribution < -0.4 is 0 Å². The Bertz CT molecular complexity index is 745. The largest absolute Gasteiger partial charge is 1.00 e. The number of aryl methyl sites for hydroxylation is 2. The van der Waals surface area contributed by atoms with Gasteiger partial charge >= 0.3 is 8.68 Å². The molecule has 0 bridgehead atoms. The van der Waals surface area contributed by atoms with Gasteiger partial charge in [0.2, 0.25) is 0 Å². The van der Waals surface area contributed by atoms with E-state index in [1.807, 2.05) is 34.6 Å². The van der Waals surface area contributed by atoms with E-state index in [-0.39, 0.29) is 24.8 Å². The first-order chi connectivity index (χ1) is 13.0. The summed E-state index contributed by atoms with van der Waals surface area (Å²) in [7, 11) is -6.00. The summed E-state index contributed by atoms with van der Waals surface area (Å²) in [4.78, 5) is 0. The molecule has 0 aromatic heterocycles. The van der Waals surface area contributed by atoms with E-state index in [1.165, 1.54) is 12.1 Å². The standard InChI is InChI=1S/C10H13FO.C10H14O.BF4/c1-6(2)8-5-9(11)7(3)4-10(8)12;1-7(2)9-5-4-8(3)6-10(9)11;2-1(3,4)5/h4-6,12H,1-3H3;4-7,11H,1-3H3;/q;;-1/p+1/i;4T;/hT. The first-order valence-electron chi connectivity index (χ1n) is 9.21. The highest BCUT2D eigenvalue weighted by Crippen LogP contribution is 2.27. The highest BCUT2D eigenvalue weighted by molar-refractivity contribution is 6.50. The number of benzene rings is 2. The van der Waals surface area contributed by atoms with Crippen LogP contribution in [-0.2, 0) is 0 Å². The van der Waals surface area contributed by atoms with Crippen LogP contribution in [0.1, 0.15) is 64.6 Å². The Morgan fingerprint density at radius 2 is 1.32 bits per heavy atom. The lowest BCUT2D eigenvalue weighted by Gasteiger charge is -2.09. The number of phenols is 2. The molecule has 0 radical (unpaired) electrons. The van der Waals surface area contributed by atoms with E-state index < -0.39 is 7.25 Å². The average molecular weight is 410 g/mol.